The van der Waals surface area contributed by atoms with Crippen LogP contribution in [0, 0.1) is 13.8 Å². The molecular weight excluding hydrogens is 306 g/mol. The second kappa shape index (κ2) is 6.49. The summed E-state index contributed by atoms with van der Waals surface area (Å²) >= 11 is 0. The van der Waals surface area contributed by atoms with Crippen molar-refractivity contribution in [1.82, 2.24) is 20.2 Å². The van der Waals surface area contributed by atoms with Crippen LogP contribution in [0.5, 0.6) is 5.75 Å². The Hall–Kier alpha value is -3.22. The molecule has 1 amide bonds. The summed E-state index contributed by atoms with van der Waals surface area (Å²) < 4.78 is 6.82. The third-order valence-electron chi connectivity index (χ3n) is 3.80. The van der Waals surface area contributed by atoms with E-state index in [0.717, 1.165) is 11.3 Å². The van der Waals surface area contributed by atoms with E-state index in [0.29, 0.717) is 17.0 Å². The Balaban J connectivity index is 1.86. The topological polar surface area (TPSA) is 81.9 Å². The van der Waals surface area contributed by atoms with Crippen molar-refractivity contribution in [3.63, 3.8) is 0 Å². The van der Waals surface area contributed by atoms with Gasteiger partial charge in [-0.05, 0) is 65.7 Å². The number of carbonyl (C=O) groups is 1. The summed E-state index contributed by atoms with van der Waals surface area (Å²) in [5.74, 6) is 0.301. The molecule has 0 aliphatic rings. The zero-order valence-electron chi connectivity index (χ0n) is 13.6. The highest BCUT2D eigenvalue weighted by molar-refractivity contribution is 6.04. The molecule has 0 saturated carbocycles. The highest BCUT2D eigenvalue weighted by atomic mass is 16.5. The van der Waals surface area contributed by atoms with E-state index in [1.165, 1.54) is 23.7 Å². The second-order valence-electron chi connectivity index (χ2n) is 5.39. The van der Waals surface area contributed by atoms with Gasteiger partial charge in [-0.15, -0.1) is 5.10 Å². The van der Waals surface area contributed by atoms with E-state index >= 15 is 0 Å². The zero-order chi connectivity index (χ0) is 17.1. The van der Waals surface area contributed by atoms with E-state index in [2.05, 4.69) is 20.8 Å². The number of hydrogen-bond acceptors (Lipinski definition) is 5. The summed E-state index contributed by atoms with van der Waals surface area (Å²) in [6.45, 7) is 4.04. The minimum absolute atomic E-state index is 0.209. The molecule has 0 fully saturated rings. The number of hydrogen-bond donors (Lipinski definition) is 1. The number of amides is 1. The summed E-state index contributed by atoms with van der Waals surface area (Å²) in [5.41, 5.74) is 4.21. The van der Waals surface area contributed by atoms with Gasteiger partial charge in [0.15, 0.2) is 0 Å². The van der Waals surface area contributed by atoms with Gasteiger partial charge in [0.25, 0.3) is 5.91 Å². The van der Waals surface area contributed by atoms with Gasteiger partial charge in [-0.2, -0.15) is 4.68 Å². The fourth-order valence-electron chi connectivity index (χ4n) is 2.30. The lowest BCUT2D eigenvalue weighted by atomic mass is 10.1. The number of carbonyl (C=O) groups excluding carboxylic acids is 1. The Morgan fingerprint density at radius 1 is 1.12 bits per heavy atom. The first-order valence-corrected chi connectivity index (χ1v) is 7.38. The Bertz CT molecular complexity index is 875. The molecule has 0 radical (unpaired) electrons. The van der Waals surface area contributed by atoms with E-state index in [1.807, 2.05) is 32.0 Å². The summed E-state index contributed by atoms with van der Waals surface area (Å²) in [6.07, 6.45) is 1.46. The SMILES string of the molecule is COc1cc(C(=O)Nc2ccc(C)c(C)c2)ccc1-n1cnnn1. The van der Waals surface area contributed by atoms with E-state index < -0.39 is 0 Å². The number of nitrogens with zero attached hydrogens (tertiary/aromatic N) is 4. The molecule has 0 unspecified atom stereocenters. The molecule has 3 rings (SSSR count). The molecule has 24 heavy (non-hydrogen) atoms. The van der Waals surface area contributed by atoms with Gasteiger partial charge in [-0.3, -0.25) is 4.79 Å². The molecule has 0 bridgehead atoms. The number of aromatic nitrogens is 4. The first-order valence-electron chi connectivity index (χ1n) is 7.38. The Labute approximate surface area is 139 Å². The lowest BCUT2D eigenvalue weighted by Crippen LogP contribution is -2.12. The third kappa shape index (κ3) is 3.10. The van der Waals surface area contributed by atoms with Crippen LogP contribution in [0.4, 0.5) is 5.69 Å². The molecule has 0 atom stereocenters. The van der Waals surface area contributed by atoms with Gasteiger partial charge in [-0.25, -0.2) is 0 Å². The minimum atomic E-state index is -0.209. The lowest BCUT2D eigenvalue weighted by Gasteiger charge is -2.11. The first kappa shape index (κ1) is 15.7. The number of ether oxygens (including phenoxy) is 1. The Morgan fingerprint density at radius 2 is 1.96 bits per heavy atom. The maximum Gasteiger partial charge on any atom is 0.255 e. The molecule has 1 aromatic heterocycles. The van der Waals surface area contributed by atoms with Crippen LogP contribution < -0.4 is 10.1 Å². The van der Waals surface area contributed by atoms with Crippen LogP contribution in [0.1, 0.15) is 21.5 Å². The highest BCUT2D eigenvalue weighted by Gasteiger charge is 2.13. The van der Waals surface area contributed by atoms with Gasteiger partial charge in [0.05, 0.1) is 7.11 Å². The lowest BCUT2D eigenvalue weighted by molar-refractivity contribution is 0.102. The first-order chi connectivity index (χ1) is 11.6. The van der Waals surface area contributed by atoms with Crippen LogP contribution in [-0.4, -0.2) is 33.2 Å². The van der Waals surface area contributed by atoms with Crippen molar-refractivity contribution < 1.29 is 9.53 Å². The van der Waals surface area contributed by atoms with E-state index in [-0.39, 0.29) is 5.91 Å². The van der Waals surface area contributed by atoms with Crippen molar-refractivity contribution in [2.24, 2.45) is 0 Å². The quantitative estimate of drug-likeness (QED) is 0.798. The smallest absolute Gasteiger partial charge is 0.255 e. The molecular formula is C17H17N5O2. The predicted molar refractivity (Wildman–Crippen MR) is 89.6 cm³/mol. The van der Waals surface area contributed by atoms with Crippen molar-refractivity contribution in [1.29, 1.82) is 0 Å². The number of methoxy groups -OCH3 is 1. The van der Waals surface area contributed by atoms with Crippen LogP contribution in [-0.2, 0) is 0 Å². The van der Waals surface area contributed by atoms with Gasteiger partial charge in [-0.1, -0.05) is 6.07 Å². The Kier molecular flexibility index (Phi) is 4.24. The molecule has 3 aromatic rings. The van der Waals surface area contributed by atoms with Gasteiger partial charge >= 0.3 is 0 Å². The van der Waals surface area contributed by atoms with E-state index in [4.69, 9.17) is 4.74 Å². The fraction of sp³-hybridized carbons (Fsp3) is 0.176. The van der Waals surface area contributed by atoms with Crippen molar-refractivity contribution in [3.8, 4) is 11.4 Å². The van der Waals surface area contributed by atoms with Crippen molar-refractivity contribution in [3.05, 3.63) is 59.4 Å². The molecule has 0 aliphatic heterocycles. The minimum Gasteiger partial charge on any atom is -0.494 e. The van der Waals surface area contributed by atoms with Gasteiger partial charge in [0.1, 0.15) is 17.8 Å². The normalized spacial score (nSPS) is 10.5. The van der Waals surface area contributed by atoms with Gasteiger partial charge in [0, 0.05) is 11.3 Å². The van der Waals surface area contributed by atoms with Crippen LogP contribution in [0.3, 0.4) is 0 Å². The number of rotatable bonds is 4. The molecule has 0 aliphatic carbocycles. The van der Waals surface area contributed by atoms with Crippen molar-refractivity contribution in [2.45, 2.75) is 13.8 Å². The summed E-state index contributed by atoms with van der Waals surface area (Å²) in [7, 11) is 1.54. The number of benzene rings is 2. The molecule has 1 N–H and O–H groups in total. The van der Waals surface area contributed by atoms with Crippen molar-refractivity contribution >= 4 is 11.6 Å². The summed E-state index contributed by atoms with van der Waals surface area (Å²) in [6, 6.07) is 10.9. The van der Waals surface area contributed by atoms with Gasteiger partial charge < -0.3 is 10.1 Å². The highest BCUT2D eigenvalue weighted by Crippen LogP contribution is 2.24. The predicted octanol–water partition coefficient (Wildman–Crippen LogP) is 2.54. The molecule has 122 valence electrons. The second-order valence-corrected chi connectivity index (χ2v) is 5.39. The molecule has 0 spiro atoms. The van der Waals surface area contributed by atoms with Gasteiger partial charge in [0.2, 0.25) is 0 Å². The van der Waals surface area contributed by atoms with Crippen LogP contribution in [0.15, 0.2) is 42.7 Å². The monoisotopic (exact) mass is 323 g/mol. The third-order valence-corrected chi connectivity index (χ3v) is 3.80. The van der Waals surface area contributed by atoms with Crippen LogP contribution in [0.25, 0.3) is 5.69 Å². The fourth-order valence-corrected chi connectivity index (χ4v) is 2.30. The van der Waals surface area contributed by atoms with E-state index in [9.17, 15) is 4.79 Å². The molecule has 2 aromatic carbocycles. The number of aryl methyl sites for hydroxylation is 2. The molecule has 1 heterocycles. The Morgan fingerprint density at radius 3 is 2.62 bits per heavy atom. The number of tetrazole rings is 1. The maximum absolute atomic E-state index is 12.5. The zero-order valence-corrected chi connectivity index (χ0v) is 13.6. The number of nitrogens with one attached hydrogen (secondary N) is 1. The average molecular weight is 323 g/mol. The van der Waals surface area contributed by atoms with Crippen molar-refractivity contribution in [2.75, 3.05) is 12.4 Å². The molecule has 7 nitrogen and oxygen atoms in total. The average Bonchev–Trinajstić information content (AvgIpc) is 3.12. The van der Waals surface area contributed by atoms with Crippen LogP contribution >= 0.6 is 0 Å². The van der Waals surface area contributed by atoms with E-state index in [1.54, 1.807) is 18.2 Å². The van der Waals surface area contributed by atoms with Crippen LogP contribution in [0.2, 0.25) is 0 Å². The number of anilines is 1. The molecule has 0 saturated heterocycles. The molecule has 7 heteroatoms. The maximum atomic E-state index is 12.5. The standard InChI is InChI=1S/C17H17N5O2/c1-11-4-6-14(8-12(11)2)19-17(23)13-5-7-15(16(9-13)24-3)22-10-18-20-21-22/h4-10H,1-3H3,(H,19,23). The summed E-state index contributed by atoms with van der Waals surface area (Å²) in [5, 5.41) is 13.9. The summed E-state index contributed by atoms with van der Waals surface area (Å²) in [4.78, 5) is 12.5. The largest absolute Gasteiger partial charge is 0.494 e.